The third-order valence-corrected chi connectivity index (χ3v) is 12.0. The first-order chi connectivity index (χ1) is 30.5. The van der Waals surface area contributed by atoms with Crippen LogP contribution in [-0.2, 0) is 18.9 Å². The summed E-state index contributed by atoms with van der Waals surface area (Å²) in [6, 6.07) is 14.1. The lowest BCUT2D eigenvalue weighted by atomic mass is 10.0. The van der Waals surface area contributed by atoms with Crippen molar-refractivity contribution < 1.29 is 70.5 Å². The van der Waals surface area contributed by atoms with Crippen LogP contribution in [0.15, 0.2) is 102 Å². The van der Waals surface area contributed by atoms with Gasteiger partial charge in [-0.25, -0.2) is 4.79 Å². The van der Waals surface area contributed by atoms with Gasteiger partial charge >= 0.3 is 17.6 Å². The van der Waals surface area contributed by atoms with Crippen LogP contribution >= 0.6 is 0 Å². The predicted octanol–water partition coefficient (Wildman–Crippen LogP) is 8.21. The van der Waals surface area contributed by atoms with Crippen molar-refractivity contribution in [3.05, 3.63) is 101 Å². The number of aliphatic hydroxyl groups is 2. The summed E-state index contributed by atoms with van der Waals surface area (Å²) < 4.78 is 81.6. The van der Waals surface area contributed by atoms with E-state index in [1.54, 1.807) is 42.9 Å². The van der Waals surface area contributed by atoms with E-state index in [1.807, 2.05) is 64.1 Å². The second-order valence-electron chi connectivity index (χ2n) is 17.9. The molecule has 64 heavy (non-hydrogen) atoms. The SMILES string of the molecule is CC(C)(O)[C@H](O)COc1c2c(cc3ccoc13)C=C[C@]1(O2)O[C@H](COc2c3c(cc4ccoc24)C=C[C@]2(O3)O[C@@H](COc3c4occc4cc4ccc(=O)oc34)C(C)(C)O2)C(C)(C)O1. The standard InChI is InChI=1S/C48H44O16/c1-44(2,51)31(49)22-55-42-36-29(12-17-53-36)20-26-9-14-47(61-39(26)42)60-33(46(5,6)64-47)24-57-43-37-30(13-18-54-37)21-27-10-15-48(62-40(27)43)59-32(45(3,4)63-48)23-56-41-35-28(11-16-52-35)19-25-7-8-34(50)58-38(25)41/h7-21,31-33,49,51H,22-24H2,1-6H3/t31-,32+,33-,47-,48-/m1/s1. The summed E-state index contributed by atoms with van der Waals surface area (Å²) in [5, 5.41) is 23.9. The average Bonchev–Trinajstić information content (AvgIpc) is 4.08. The number of hydrogen-bond donors (Lipinski definition) is 2. The minimum absolute atomic E-state index is 0.0213. The van der Waals surface area contributed by atoms with Crippen LogP contribution in [0.25, 0.3) is 56.0 Å². The van der Waals surface area contributed by atoms with Crippen LogP contribution in [0.5, 0.6) is 28.7 Å². The number of aliphatic hydroxyl groups excluding tert-OH is 1. The summed E-state index contributed by atoms with van der Waals surface area (Å²) in [7, 11) is 0. The number of benzene rings is 3. The molecule has 16 heteroatoms. The highest BCUT2D eigenvalue weighted by molar-refractivity contribution is 6.00. The molecule has 8 heterocycles. The highest BCUT2D eigenvalue weighted by Crippen LogP contribution is 2.52. The van der Waals surface area contributed by atoms with Gasteiger partial charge in [-0.1, -0.05) is 0 Å². The van der Waals surface area contributed by atoms with Gasteiger partial charge in [0.05, 0.1) is 35.6 Å². The van der Waals surface area contributed by atoms with E-state index >= 15 is 0 Å². The van der Waals surface area contributed by atoms with E-state index in [9.17, 15) is 15.0 Å². The molecule has 0 unspecified atom stereocenters. The summed E-state index contributed by atoms with van der Waals surface area (Å²) in [6.07, 6.45) is 9.02. The Hall–Kier alpha value is -6.27. The zero-order chi connectivity index (χ0) is 44.4. The minimum Gasteiger partial charge on any atom is -0.483 e. The quantitative estimate of drug-likeness (QED) is 0.125. The van der Waals surface area contributed by atoms with E-state index in [1.165, 1.54) is 26.2 Å². The third-order valence-electron chi connectivity index (χ3n) is 12.0. The van der Waals surface area contributed by atoms with Gasteiger partial charge < -0.3 is 70.5 Å². The molecular weight excluding hydrogens is 833 g/mol. The molecule has 0 saturated carbocycles. The average molecular weight is 877 g/mol. The molecule has 11 rings (SSSR count). The van der Waals surface area contributed by atoms with Crippen LogP contribution in [0.2, 0.25) is 0 Å². The van der Waals surface area contributed by atoms with Crippen LogP contribution in [0, 0.1) is 0 Å². The fourth-order valence-corrected chi connectivity index (χ4v) is 8.35. The zero-order valence-corrected chi connectivity index (χ0v) is 35.6. The number of hydrogen-bond acceptors (Lipinski definition) is 16. The lowest BCUT2D eigenvalue weighted by Gasteiger charge is -2.31. The Balaban J connectivity index is 0.846. The number of fused-ring (bicyclic) bond motifs is 6. The van der Waals surface area contributed by atoms with Crippen molar-refractivity contribution >= 4 is 56.0 Å². The third kappa shape index (κ3) is 6.71. The normalized spacial score (nSPS) is 24.7. The molecule has 0 radical (unpaired) electrons. The Labute approximate surface area is 363 Å². The Morgan fingerprint density at radius 1 is 0.641 bits per heavy atom. The molecule has 2 fully saturated rings. The molecule has 2 N–H and O–H groups in total. The van der Waals surface area contributed by atoms with Crippen molar-refractivity contribution in [1.82, 2.24) is 0 Å². The number of ether oxygens (including phenoxy) is 9. The van der Waals surface area contributed by atoms with Crippen molar-refractivity contribution in [1.29, 1.82) is 0 Å². The molecule has 0 aliphatic carbocycles. The van der Waals surface area contributed by atoms with Crippen molar-refractivity contribution in [3.8, 4) is 28.7 Å². The molecule has 7 aromatic rings. The van der Waals surface area contributed by atoms with E-state index in [2.05, 4.69) is 0 Å². The van der Waals surface area contributed by atoms with Crippen molar-refractivity contribution in [3.63, 3.8) is 0 Å². The highest BCUT2D eigenvalue weighted by Gasteiger charge is 2.57. The Morgan fingerprint density at radius 2 is 1.11 bits per heavy atom. The van der Waals surface area contributed by atoms with Crippen LogP contribution in [0.3, 0.4) is 0 Å². The molecule has 5 atom stereocenters. The van der Waals surface area contributed by atoms with Gasteiger partial charge in [0.1, 0.15) is 38.1 Å². The smallest absolute Gasteiger partial charge is 0.350 e. The maximum absolute atomic E-state index is 12.3. The molecule has 16 nitrogen and oxygen atoms in total. The molecule has 2 saturated heterocycles. The summed E-state index contributed by atoms with van der Waals surface area (Å²) in [5.41, 5.74) is -1.03. The van der Waals surface area contributed by atoms with Crippen LogP contribution < -0.4 is 29.3 Å². The van der Waals surface area contributed by atoms with Crippen molar-refractivity contribution in [2.75, 3.05) is 19.8 Å². The number of furan rings is 3. The summed E-state index contributed by atoms with van der Waals surface area (Å²) in [6.45, 7) is 10.1. The number of rotatable bonds is 10. The Kier molecular flexibility index (Phi) is 8.93. The fourth-order valence-electron chi connectivity index (χ4n) is 8.35. The fraction of sp³-hybridized carbons (Fsp3) is 0.354. The van der Waals surface area contributed by atoms with Gasteiger partial charge in [0.25, 0.3) is 0 Å². The monoisotopic (exact) mass is 876 g/mol. The molecule has 0 amide bonds. The molecule has 4 aliphatic heterocycles. The molecule has 2 spiro atoms. The van der Waals surface area contributed by atoms with Gasteiger partial charge in [-0.15, -0.1) is 0 Å². The van der Waals surface area contributed by atoms with Gasteiger partial charge in [0.2, 0.25) is 17.2 Å². The zero-order valence-electron chi connectivity index (χ0n) is 35.6. The van der Waals surface area contributed by atoms with Gasteiger partial charge in [-0.2, -0.15) is 0 Å². The Morgan fingerprint density at radius 3 is 1.64 bits per heavy atom. The maximum Gasteiger partial charge on any atom is 0.350 e. The van der Waals surface area contributed by atoms with Crippen LogP contribution in [-0.4, -0.2) is 77.1 Å². The first-order valence-corrected chi connectivity index (χ1v) is 20.8. The molecule has 3 aromatic carbocycles. The molecule has 4 aromatic heterocycles. The minimum atomic E-state index is -1.70. The van der Waals surface area contributed by atoms with Crippen LogP contribution in [0.4, 0.5) is 0 Å². The van der Waals surface area contributed by atoms with E-state index in [0.29, 0.717) is 39.0 Å². The summed E-state index contributed by atoms with van der Waals surface area (Å²) in [5.74, 6) is -2.05. The highest BCUT2D eigenvalue weighted by atomic mass is 16.9. The second-order valence-corrected chi connectivity index (χ2v) is 17.9. The van der Waals surface area contributed by atoms with Crippen molar-refractivity contribution in [2.24, 2.45) is 0 Å². The molecule has 332 valence electrons. The van der Waals surface area contributed by atoms with E-state index in [0.717, 1.165) is 16.2 Å². The van der Waals surface area contributed by atoms with Gasteiger partial charge in [-0.3, -0.25) is 0 Å². The van der Waals surface area contributed by atoms with Gasteiger partial charge in [0, 0.05) is 50.9 Å². The maximum atomic E-state index is 12.3. The largest absolute Gasteiger partial charge is 0.483 e. The van der Waals surface area contributed by atoms with Crippen molar-refractivity contribution in [2.45, 2.75) is 88.6 Å². The van der Waals surface area contributed by atoms with E-state index < -0.39 is 52.7 Å². The first kappa shape index (κ1) is 40.5. The van der Waals surface area contributed by atoms with E-state index in [4.69, 9.17) is 60.3 Å². The molecule has 4 aliphatic rings. The lowest BCUT2D eigenvalue weighted by molar-refractivity contribution is -0.272. The summed E-state index contributed by atoms with van der Waals surface area (Å²) in [4.78, 5) is 12.3. The first-order valence-electron chi connectivity index (χ1n) is 20.8. The second kappa shape index (κ2) is 14.1. The summed E-state index contributed by atoms with van der Waals surface area (Å²) >= 11 is 0. The Bertz CT molecular complexity index is 3100. The van der Waals surface area contributed by atoms with E-state index in [-0.39, 0.29) is 48.4 Å². The van der Waals surface area contributed by atoms with Crippen LogP contribution in [0.1, 0.15) is 52.7 Å². The predicted molar refractivity (Wildman–Crippen MR) is 228 cm³/mol. The molecular formula is C48H44O16. The molecule has 0 bridgehead atoms. The van der Waals surface area contributed by atoms with Gasteiger partial charge in [-0.05, 0) is 96.2 Å². The van der Waals surface area contributed by atoms with Gasteiger partial charge in [0.15, 0.2) is 33.8 Å². The topological polar surface area (TPSA) is 193 Å². The lowest BCUT2D eigenvalue weighted by Crippen LogP contribution is -2.41.